The molecule has 2 atom stereocenters. The van der Waals surface area contributed by atoms with Gasteiger partial charge in [-0.1, -0.05) is 40.2 Å². The predicted molar refractivity (Wildman–Crippen MR) is 84.8 cm³/mol. The molecule has 2 nitrogen and oxygen atoms in total. The van der Waals surface area contributed by atoms with Gasteiger partial charge in [0, 0.05) is 36.6 Å². The van der Waals surface area contributed by atoms with Crippen LogP contribution in [0.3, 0.4) is 0 Å². The van der Waals surface area contributed by atoms with Gasteiger partial charge in [0.2, 0.25) is 0 Å². The number of hydrogen-bond acceptors (Lipinski definition) is 3. The van der Waals surface area contributed by atoms with Crippen molar-refractivity contribution in [2.75, 3.05) is 19.6 Å². The smallest absolute Gasteiger partial charge is 0.0442 e. The molecule has 1 fully saturated rings. The van der Waals surface area contributed by atoms with Gasteiger partial charge >= 0.3 is 0 Å². The number of thiophene rings is 1. The van der Waals surface area contributed by atoms with E-state index in [2.05, 4.69) is 55.4 Å². The zero-order valence-corrected chi connectivity index (χ0v) is 13.6. The summed E-state index contributed by atoms with van der Waals surface area (Å²) in [6, 6.07) is 5.71. The molecule has 1 aliphatic rings. The molecular weight excluding hydrogens is 252 g/mol. The van der Waals surface area contributed by atoms with Crippen LogP contribution >= 0.6 is 11.3 Å². The lowest BCUT2D eigenvalue weighted by Gasteiger charge is -2.43. The van der Waals surface area contributed by atoms with Crippen LogP contribution in [-0.4, -0.2) is 30.6 Å². The zero-order chi connectivity index (χ0) is 13.9. The second-order valence-electron chi connectivity index (χ2n) is 6.69. The van der Waals surface area contributed by atoms with Gasteiger partial charge in [0.25, 0.3) is 0 Å². The van der Waals surface area contributed by atoms with Crippen LogP contribution in [0, 0.1) is 5.41 Å². The Kier molecular flexibility index (Phi) is 5.04. The molecule has 0 radical (unpaired) electrons. The normalized spacial score (nSPS) is 23.5. The summed E-state index contributed by atoms with van der Waals surface area (Å²) in [4.78, 5) is 4.23. The van der Waals surface area contributed by atoms with E-state index in [9.17, 15) is 0 Å². The van der Waals surface area contributed by atoms with Crippen molar-refractivity contribution in [1.29, 1.82) is 0 Å². The SMILES string of the molecule is CCCC(c1cccs1)N1CCNC(C(C)(C)C)C1. The fraction of sp³-hybridized carbons (Fsp3) is 0.750. The van der Waals surface area contributed by atoms with Crippen molar-refractivity contribution in [3.8, 4) is 0 Å². The Morgan fingerprint density at radius 3 is 2.84 bits per heavy atom. The van der Waals surface area contributed by atoms with Gasteiger partial charge in [-0.05, 0) is 23.3 Å². The molecule has 1 aromatic rings. The van der Waals surface area contributed by atoms with Crippen molar-refractivity contribution in [2.24, 2.45) is 5.41 Å². The first-order chi connectivity index (χ1) is 9.02. The molecule has 0 amide bonds. The third-order valence-corrected chi connectivity index (χ3v) is 5.10. The first kappa shape index (κ1) is 15.0. The van der Waals surface area contributed by atoms with Crippen LogP contribution in [0.15, 0.2) is 17.5 Å². The van der Waals surface area contributed by atoms with Gasteiger partial charge in [-0.25, -0.2) is 0 Å². The lowest BCUT2D eigenvalue weighted by molar-refractivity contribution is 0.0944. The third-order valence-electron chi connectivity index (χ3n) is 4.13. The molecule has 0 bridgehead atoms. The summed E-state index contributed by atoms with van der Waals surface area (Å²) in [7, 11) is 0. The summed E-state index contributed by atoms with van der Waals surface area (Å²) in [6.07, 6.45) is 2.53. The van der Waals surface area contributed by atoms with Gasteiger partial charge < -0.3 is 5.32 Å². The largest absolute Gasteiger partial charge is 0.311 e. The molecule has 2 heterocycles. The highest BCUT2D eigenvalue weighted by Gasteiger charge is 2.32. The van der Waals surface area contributed by atoms with E-state index in [1.165, 1.54) is 30.8 Å². The van der Waals surface area contributed by atoms with Crippen molar-refractivity contribution in [3.05, 3.63) is 22.4 Å². The van der Waals surface area contributed by atoms with Gasteiger partial charge in [-0.15, -0.1) is 11.3 Å². The summed E-state index contributed by atoms with van der Waals surface area (Å²) in [5.41, 5.74) is 0.338. The summed E-state index contributed by atoms with van der Waals surface area (Å²) in [5.74, 6) is 0. The van der Waals surface area contributed by atoms with E-state index < -0.39 is 0 Å². The maximum Gasteiger partial charge on any atom is 0.0442 e. The quantitative estimate of drug-likeness (QED) is 0.899. The topological polar surface area (TPSA) is 15.3 Å². The monoisotopic (exact) mass is 280 g/mol. The molecule has 0 aliphatic carbocycles. The highest BCUT2D eigenvalue weighted by molar-refractivity contribution is 7.10. The number of piperazine rings is 1. The van der Waals surface area contributed by atoms with Gasteiger partial charge in [0.05, 0.1) is 0 Å². The van der Waals surface area contributed by atoms with Crippen molar-refractivity contribution in [3.63, 3.8) is 0 Å². The minimum atomic E-state index is 0.338. The Balaban J connectivity index is 2.09. The lowest BCUT2D eigenvalue weighted by Crippen LogP contribution is -2.56. The summed E-state index contributed by atoms with van der Waals surface area (Å²) in [6.45, 7) is 12.8. The Morgan fingerprint density at radius 1 is 1.47 bits per heavy atom. The number of hydrogen-bond donors (Lipinski definition) is 1. The van der Waals surface area contributed by atoms with Crippen LogP contribution in [-0.2, 0) is 0 Å². The molecule has 1 N–H and O–H groups in total. The number of rotatable bonds is 4. The van der Waals surface area contributed by atoms with Crippen LogP contribution in [0.25, 0.3) is 0 Å². The highest BCUT2D eigenvalue weighted by Crippen LogP contribution is 2.32. The van der Waals surface area contributed by atoms with E-state index in [-0.39, 0.29) is 0 Å². The molecule has 108 valence electrons. The first-order valence-electron chi connectivity index (χ1n) is 7.53. The molecule has 2 rings (SSSR count). The standard InChI is InChI=1S/C16H28N2S/c1-5-7-13(14-8-6-11-19-14)18-10-9-17-15(12-18)16(2,3)4/h6,8,11,13,15,17H,5,7,9-10,12H2,1-4H3. The summed E-state index contributed by atoms with van der Waals surface area (Å²) >= 11 is 1.91. The molecule has 2 unspecified atom stereocenters. The maximum atomic E-state index is 3.69. The Bertz CT molecular complexity index is 367. The number of nitrogens with zero attached hydrogens (tertiary/aromatic N) is 1. The molecule has 1 aromatic heterocycles. The molecule has 19 heavy (non-hydrogen) atoms. The Hall–Kier alpha value is -0.380. The molecule has 0 spiro atoms. The van der Waals surface area contributed by atoms with E-state index >= 15 is 0 Å². The molecule has 0 aromatic carbocycles. The fourth-order valence-electron chi connectivity index (χ4n) is 2.89. The van der Waals surface area contributed by atoms with E-state index in [4.69, 9.17) is 0 Å². The van der Waals surface area contributed by atoms with Gasteiger partial charge in [0.15, 0.2) is 0 Å². The van der Waals surface area contributed by atoms with E-state index in [0.717, 1.165) is 6.54 Å². The molecular formula is C16H28N2S. The van der Waals surface area contributed by atoms with Gasteiger partial charge in [-0.3, -0.25) is 4.90 Å². The van der Waals surface area contributed by atoms with E-state index in [1.54, 1.807) is 0 Å². The summed E-state index contributed by atoms with van der Waals surface area (Å²) in [5, 5.41) is 5.90. The van der Waals surface area contributed by atoms with E-state index in [1.807, 2.05) is 11.3 Å². The van der Waals surface area contributed by atoms with Gasteiger partial charge in [0.1, 0.15) is 0 Å². The molecule has 3 heteroatoms. The van der Waals surface area contributed by atoms with E-state index in [0.29, 0.717) is 17.5 Å². The molecule has 1 saturated heterocycles. The van der Waals surface area contributed by atoms with Crippen molar-refractivity contribution in [1.82, 2.24) is 10.2 Å². The first-order valence-corrected chi connectivity index (χ1v) is 8.41. The Labute approximate surface area is 122 Å². The lowest BCUT2D eigenvalue weighted by atomic mass is 9.85. The summed E-state index contributed by atoms with van der Waals surface area (Å²) < 4.78 is 0. The fourth-order valence-corrected chi connectivity index (χ4v) is 3.79. The average Bonchev–Trinajstić information content (AvgIpc) is 2.88. The zero-order valence-electron chi connectivity index (χ0n) is 12.8. The minimum absolute atomic E-state index is 0.338. The number of nitrogens with one attached hydrogen (secondary N) is 1. The second kappa shape index (κ2) is 6.38. The van der Waals surface area contributed by atoms with Crippen LogP contribution in [0.2, 0.25) is 0 Å². The second-order valence-corrected chi connectivity index (χ2v) is 7.67. The van der Waals surface area contributed by atoms with Crippen molar-refractivity contribution >= 4 is 11.3 Å². The maximum absolute atomic E-state index is 3.69. The minimum Gasteiger partial charge on any atom is -0.311 e. The van der Waals surface area contributed by atoms with Crippen LogP contribution < -0.4 is 5.32 Å². The van der Waals surface area contributed by atoms with Crippen LogP contribution in [0.5, 0.6) is 0 Å². The molecule has 1 aliphatic heterocycles. The van der Waals surface area contributed by atoms with Crippen molar-refractivity contribution in [2.45, 2.75) is 52.6 Å². The van der Waals surface area contributed by atoms with Crippen LogP contribution in [0.1, 0.15) is 51.5 Å². The molecule has 0 saturated carbocycles. The highest BCUT2D eigenvalue weighted by atomic mass is 32.1. The third kappa shape index (κ3) is 3.80. The van der Waals surface area contributed by atoms with Crippen molar-refractivity contribution < 1.29 is 0 Å². The predicted octanol–water partition coefficient (Wildman–Crippen LogP) is 3.91. The average molecular weight is 280 g/mol. The van der Waals surface area contributed by atoms with Gasteiger partial charge in [-0.2, -0.15) is 0 Å². The Morgan fingerprint density at radius 2 is 2.26 bits per heavy atom. The van der Waals surface area contributed by atoms with Crippen LogP contribution in [0.4, 0.5) is 0 Å².